The number of sulfonamides is 1. The Labute approximate surface area is 189 Å². The van der Waals surface area contributed by atoms with Gasteiger partial charge in [0.1, 0.15) is 9.90 Å². The Hall–Kier alpha value is -3.08. The summed E-state index contributed by atoms with van der Waals surface area (Å²) in [5.41, 5.74) is 1.50. The van der Waals surface area contributed by atoms with Gasteiger partial charge < -0.3 is 4.90 Å². The standard InChI is InChI=1S/C22H20N4O4S2/c27-21-18-7-4-10-23-20(18)22(28)26(21)15-17-8-9-19(31-17)32(29,30)25-13-11-24(12-14-25)16-5-2-1-3-6-16/h1-10H,11-15H2. The third-order valence-corrected chi connectivity index (χ3v) is 9.07. The molecular weight excluding hydrogens is 448 g/mol. The van der Waals surface area contributed by atoms with Crippen LogP contribution in [0.5, 0.6) is 0 Å². The minimum atomic E-state index is -3.64. The van der Waals surface area contributed by atoms with Gasteiger partial charge in [-0.15, -0.1) is 11.3 Å². The molecule has 164 valence electrons. The van der Waals surface area contributed by atoms with Crippen LogP contribution in [-0.2, 0) is 16.6 Å². The highest BCUT2D eigenvalue weighted by atomic mass is 32.2. The summed E-state index contributed by atoms with van der Waals surface area (Å²) in [5, 5.41) is 0. The van der Waals surface area contributed by atoms with E-state index in [0.717, 1.165) is 21.9 Å². The van der Waals surface area contributed by atoms with E-state index in [9.17, 15) is 18.0 Å². The quantitative estimate of drug-likeness (QED) is 0.535. The zero-order valence-electron chi connectivity index (χ0n) is 17.0. The Kier molecular flexibility index (Phi) is 5.28. The highest BCUT2D eigenvalue weighted by molar-refractivity contribution is 7.91. The van der Waals surface area contributed by atoms with Gasteiger partial charge in [0.05, 0.1) is 12.1 Å². The lowest BCUT2D eigenvalue weighted by Crippen LogP contribution is -2.48. The molecule has 10 heteroatoms. The highest BCUT2D eigenvalue weighted by Crippen LogP contribution is 2.29. The van der Waals surface area contributed by atoms with Crippen molar-refractivity contribution < 1.29 is 18.0 Å². The van der Waals surface area contributed by atoms with E-state index in [0.29, 0.717) is 31.1 Å². The van der Waals surface area contributed by atoms with Gasteiger partial charge in [0.15, 0.2) is 0 Å². The number of fused-ring (bicyclic) bond motifs is 1. The molecule has 8 nitrogen and oxygen atoms in total. The van der Waals surface area contributed by atoms with Crippen LogP contribution in [-0.4, -0.2) is 60.6 Å². The molecule has 1 fully saturated rings. The summed E-state index contributed by atoms with van der Waals surface area (Å²) in [4.78, 5) is 33.0. The van der Waals surface area contributed by atoms with Gasteiger partial charge in [0.2, 0.25) is 0 Å². The summed E-state index contributed by atoms with van der Waals surface area (Å²) in [6.07, 6.45) is 1.47. The lowest BCUT2D eigenvalue weighted by molar-refractivity contribution is 0.0642. The molecule has 0 bridgehead atoms. The summed E-state index contributed by atoms with van der Waals surface area (Å²) in [6.45, 7) is 2.05. The normalized spacial score (nSPS) is 17.1. The molecule has 2 aliphatic rings. The maximum Gasteiger partial charge on any atom is 0.280 e. The van der Waals surface area contributed by atoms with Gasteiger partial charge in [-0.25, -0.2) is 8.42 Å². The van der Waals surface area contributed by atoms with Crippen LogP contribution in [0.3, 0.4) is 0 Å². The zero-order chi connectivity index (χ0) is 22.3. The number of hydrogen-bond donors (Lipinski definition) is 0. The van der Waals surface area contributed by atoms with E-state index in [1.165, 1.54) is 10.5 Å². The van der Waals surface area contributed by atoms with E-state index in [1.54, 1.807) is 24.3 Å². The predicted octanol–water partition coefficient (Wildman–Crippen LogP) is 2.45. The lowest BCUT2D eigenvalue weighted by atomic mass is 10.2. The molecule has 2 aromatic heterocycles. The number of para-hydroxylation sites is 1. The molecule has 2 amide bonds. The van der Waals surface area contributed by atoms with E-state index < -0.39 is 21.8 Å². The predicted molar refractivity (Wildman–Crippen MR) is 120 cm³/mol. The maximum absolute atomic E-state index is 13.1. The largest absolute Gasteiger partial charge is 0.369 e. The summed E-state index contributed by atoms with van der Waals surface area (Å²) < 4.78 is 28.0. The number of carbonyl (C=O) groups is 2. The van der Waals surface area contributed by atoms with Gasteiger partial charge >= 0.3 is 0 Å². The van der Waals surface area contributed by atoms with Crippen molar-refractivity contribution >= 4 is 38.9 Å². The molecule has 0 saturated carbocycles. The van der Waals surface area contributed by atoms with Crippen molar-refractivity contribution in [1.29, 1.82) is 0 Å². The number of amides is 2. The number of benzene rings is 1. The minimum absolute atomic E-state index is 0.0238. The summed E-state index contributed by atoms with van der Waals surface area (Å²) in [6, 6.07) is 16.3. The first kappa shape index (κ1) is 20.8. The van der Waals surface area contributed by atoms with E-state index in [-0.39, 0.29) is 22.0 Å². The average molecular weight is 469 g/mol. The van der Waals surface area contributed by atoms with Crippen molar-refractivity contribution in [1.82, 2.24) is 14.2 Å². The Balaban J connectivity index is 1.28. The van der Waals surface area contributed by atoms with Gasteiger partial charge in [-0.3, -0.25) is 19.5 Å². The average Bonchev–Trinajstić information content (AvgIpc) is 3.40. The van der Waals surface area contributed by atoms with Gasteiger partial charge in [0.25, 0.3) is 21.8 Å². The molecule has 0 unspecified atom stereocenters. The second-order valence-corrected chi connectivity index (χ2v) is 10.9. The topological polar surface area (TPSA) is 90.9 Å². The molecular formula is C22H20N4O4S2. The number of thiophene rings is 1. The fourth-order valence-corrected chi connectivity index (χ4v) is 6.87. The molecule has 0 N–H and O–H groups in total. The zero-order valence-corrected chi connectivity index (χ0v) is 18.7. The first-order chi connectivity index (χ1) is 15.4. The number of rotatable bonds is 5. The fraction of sp³-hybridized carbons (Fsp3) is 0.227. The number of hydrogen-bond acceptors (Lipinski definition) is 7. The molecule has 3 aromatic rings. The number of anilines is 1. The Morgan fingerprint density at radius 2 is 1.62 bits per heavy atom. The van der Waals surface area contributed by atoms with E-state index in [2.05, 4.69) is 9.88 Å². The van der Waals surface area contributed by atoms with Crippen LogP contribution in [0.2, 0.25) is 0 Å². The Morgan fingerprint density at radius 3 is 2.34 bits per heavy atom. The van der Waals surface area contributed by atoms with Crippen LogP contribution < -0.4 is 4.90 Å². The molecule has 0 radical (unpaired) electrons. The maximum atomic E-state index is 13.1. The number of pyridine rings is 1. The van der Waals surface area contributed by atoms with Gasteiger partial charge in [0, 0.05) is 42.9 Å². The summed E-state index contributed by atoms with van der Waals surface area (Å²) >= 11 is 1.09. The third-order valence-electron chi connectivity index (χ3n) is 5.64. The number of nitrogens with zero attached hydrogens (tertiary/aromatic N) is 4. The molecule has 4 heterocycles. The second kappa shape index (κ2) is 8.12. The molecule has 0 spiro atoms. The highest BCUT2D eigenvalue weighted by Gasteiger charge is 2.37. The second-order valence-electron chi connectivity index (χ2n) is 7.54. The first-order valence-corrected chi connectivity index (χ1v) is 12.4. The minimum Gasteiger partial charge on any atom is -0.369 e. The monoisotopic (exact) mass is 468 g/mol. The van der Waals surface area contributed by atoms with Crippen LogP contribution in [0.25, 0.3) is 0 Å². The molecule has 1 aromatic carbocycles. The van der Waals surface area contributed by atoms with Crippen molar-refractivity contribution in [2.45, 2.75) is 10.8 Å². The van der Waals surface area contributed by atoms with Crippen LogP contribution >= 0.6 is 11.3 Å². The van der Waals surface area contributed by atoms with Crippen LogP contribution in [0, 0.1) is 0 Å². The summed E-state index contributed by atoms with van der Waals surface area (Å²) in [5.74, 6) is -0.867. The van der Waals surface area contributed by atoms with Crippen LogP contribution in [0.15, 0.2) is 65.0 Å². The van der Waals surface area contributed by atoms with Crippen molar-refractivity contribution in [3.8, 4) is 0 Å². The van der Waals surface area contributed by atoms with Gasteiger partial charge in [-0.1, -0.05) is 18.2 Å². The molecule has 0 atom stereocenters. The Morgan fingerprint density at radius 1 is 0.875 bits per heavy atom. The smallest absolute Gasteiger partial charge is 0.280 e. The van der Waals surface area contributed by atoms with Gasteiger partial charge in [-0.05, 0) is 36.4 Å². The van der Waals surface area contributed by atoms with Crippen molar-refractivity contribution in [2.24, 2.45) is 0 Å². The van der Waals surface area contributed by atoms with Crippen LogP contribution in [0.1, 0.15) is 25.7 Å². The number of carbonyl (C=O) groups excluding carboxylic acids is 2. The molecule has 32 heavy (non-hydrogen) atoms. The van der Waals surface area contributed by atoms with E-state index in [1.807, 2.05) is 30.3 Å². The molecule has 1 saturated heterocycles. The number of aromatic nitrogens is 1. The van der Waals surface area contributed by atoms with Crippen molar-refractivity contribution in [2.75, 3.05) is 31.1 Å². The van der Waals surface area contributed by atoms with Gasteiger partial charge in [-0.2, -0.15) is 4.31 Å². The number of piperazine rings is 1. The molecule has 2 aliphatic heterocycles. The molecule has 0 aliphatic carbocycles. The SMILES string of the molecule is O=C1c2cccnc2C(=O)N1Cc1ccc(S(=O)(=O)N2CCN(c3ccccc3)CC2)s1. The Bertz CT molecular complexity index is 1250. The number of imide groups is 1. The van der Waals surface area contributed by atoms with Crippen molar-refractivity contribution in [3.05, 3.63) is 76.9 Å². The van der Waals surface area contributed by atoms with E-state index >= 15 is 0 Å². The third kappa shape index (κ3) is 3.60. The van der Waals surface area contributed by atoms with Crippen molar-refractivity contribution in [3.63, 3.8) is 0 Å². The molecule has 5 rings (SSSR count). The first-order valence-electron chi connectivity index (χ1n) is 10.2. The summed E-state index contributed by atoms with van der Waals surface area (Å²) in [7, 11) is -3.64. The van der Waals surface area contributed by atoms with E-state index in [4.69, 9.17) is 0 Å². The van der Waals surface area contributed by atoms with Crippen LogP contribution in [0.4, 0.5) is 5.69 Å². The lowest BCUT2D eigenvalue weighted by Gasteiger charge is -2.35. The fourth-order valence-electron chi connectivity index (χ4n) is 3.95.